The molecule has 0 atom stereocenters. The summed E-state index contributed by atoms with van der Waals surface area (Å²) in [7, 11) is 0. The van der Waals surface area contributed by atoms with Gasteiger partial charge in [0, 0.05) is 6.04 Å². The van der Waals surface area contributed by atoms with Gasteiger partial charge in [0.05, 0.1) is 6.20 Å². The number of nitrogens with zero attached hydrogens (tertiary/aromatic N) is 1. The molecule has 1 aromatic rings. The second-order valence-electron chi connectivity index (χ2n) is 4.05. The number of pyridine rings is 1. The first kappa shape index (κ1) is 14.9. The number of rotatable bonds is 7. The molecule has 1 amide bonds. The van der Waals surface area contributed by atoms with E-state index in [0.717, 1.165) is 12.8 Å². The van der Waals surface area contributed by atoms with Crippen molar-refractivity contribution >= 4 is 11.9 Å². The molecule has 6 nitrogen and oxygen atoms in total. The number of nitrogens with one attached hydrogen (secondary N) is 1. The van der Waals surface area contributed by atoms with Crippen LogP contribution in [0.2, 0.25) is 0 Å². The second-order valence-corrected chi connectivity index (χ2v) is 4.05. The van der Waals surface area contributed by atoms with Gasteiger partial charge < -0.3 is 15.2 Å². The fraction of sp³-hybridized carbons (Fsp3) is 0.462. The fourth-order valence-electron chi connectivity index (χ4n) is 1.50. The summed E-state index contributed by atoms with van der Waals surface area (Å²) < 4.78 is 5.22. The number of hydrogen-bond donors (Lipinski definition) is 2. The molecule has 0 radical (unpaired) electrons. The van der Waals surface area contributed by atoms with Gasteiger partial charge in [-0.2, -0.15) is 0 Å². The van der Waals surface area contributed by atoms with Crippen LogP contribution in [0.25, 0.3) is 0 Å². The third-order valence-electron chi connectivity index (χ3n) is 2.68. The van der Waals surface area contributed by atoms with Crippen LogP contribution < -0.4 is 10.1 Å². The Balaban J connectivity index is 2.43. The van der Waals surface area contributed by atoms with E-state index in [-0.39, 0.29) is 24.2 Å². The number of aromatic carboxylic acids is 1. The van der Waals surface area contributed by atoms with Crippen LogP contribution in [-0.2, 0) is 4.79 Å². The summed E-state index contributed by atoms with van der Waals surface area (Å²) in [6.45, 7) is 3.90. The first-order valence-corrected chi connectivity index (χ1v) is 6.18. The smallest absolute Gasteiger partial charge is 0.354 e. The molecule has 6 heteroatoms. The van der Waals surface area contributed by atoms with Crippen molar-refractivity contribution in [2.75, 3.05) is 6.61 Å². The predicted octanol–water partition coefficient (Wildman–Crippen LogP) is 1.46. The number of hydrogen-bond acceptors (Lipinski definition) is 4. The highest BCUT2D eigenvalue weighted by Gasteiger charge is 2.09. The summed E-state index contributed by atoms with van der Waals surface area (Å²) in [5.74, 6) is -0.932. The number of carboxylic acids is 1. The van der Waals surface area contributed by atoms with E-state index in [9.17, 15) is 9.59 Å². The molecule has 0 spiro atoms. The SMILES string of the molecule is CCC(CC)NC(=O)COc1ccc(C(=O)O)nc1. The van der Waals surface area contributed by atoms with Crippen LogP contribution in [0.3, 0.4) is 0 Å². The molecule has 0 aliphatic carbocycles. The Morgan fingerprint density at radius 3 is 2.53 bits per heavy atom. The maximum absolute atomic E-state index is 11.6. The molecule has 0 aliphatic rings. The molecule has 104 valence electrons. The van der Waals surface area contributed by atoms with Gasteiger partial charge in [0.2, 0.25) is 0 Å². The molecule has 2 N–H and O–H groups in total. The number of carboxylic acid groups (broad SMARTS) is 1. The van der Waals surface area contributed by atoms with Crippen molar-refractivity contribution in [2.24, 2.45) is 0 Å². The maximum Gasteiger partial charge on any atom is 0.354 e. The molecule has 0 fully saturated rings. The lowest BCUT2D eigenvalue weighted by atomic mass is 10.2. The summed E-state index contributed by atoms with van der Waals surface area (Å²) in [6, 6.07) is 2.96. The van der Waals surface area contributed by atoms with E-state index in [1.54, 1.807) is 0 Å². The van der Waals surface area contributed by atoms with Gasteiger partial charge in [-0.15, -0.1) is 0 Å². The summed E-state index contributed by atoms with van der Waals surface area (Å²) in [4.78, 5) is 25.9. The average molecular weight is 266 g/mol. The number of ether oxygens (including phenoxy) is 1. The van der Waals surface area contributed by atoms with Gasteiger partial charge in [0.1, 0.15) is 11.4 Å². The van der Waals surface area contributed by atoms with Gasteiger partial charge in [0.15, 0.2) is 6.61 Å². The molecule has 1 rings (SSSR count). The minimum Gasteiger partial charge on any atom is -0.482 e. The van der Waals surface area contributed by atoms with Crippen LogP contribution in [0.15, 0.2) is 18.3 Å². The third-order valence-corrected chi connectivity index (χ3v) is 2.68. The Labute approximate surface area is 111 Å². The lowest BCUT2D eigenvalue weighted by Crippen LogP contribution is -2.37. The van der Waals surface area contributed by atoms with Crippen LogP contribution >= 0.6 is 0 Å². The van der Waals surface area contributed by atoms with E-state index in [2.05, 4.69) is 10.3 Å². The summed E-state index contributed by atoms with van der Waals surface area (Å²) >= 11 is 0. The molecular formula is C13H18N2O4. The summed E-state index contributed by atoms with van der Waals surface area (Å²) in [5, 5.41) is 11.5. The molecule has 0 aliphatic heterocycles. The topological polar surface area (TPSA) is 88.5 Å². The average Bonchev–Trinajstić information content (AvgIpc) is 2.43. The Kier molecular flexibility index (Phi) is 5.78. The van der Waals surface area contributed by atoms with E-state index >= 15 is 0 Å². The molecule has 19 heavy (non-hydrogen) atoms. The van der Waals surface area contributed by atoms with E-state index in [0.29, 0.717) is 5.75 Å². The van der Waals surface area contributed by atoms with Crippen LogP contribution in [-0.4, -0.2) is 34.6 Å². The largest absolute Gasteiger partial charge is 0.482 e. The quantitative estimate of drug-likeness (QED) is 0.780. The Morgan fingerprint density at radius 1 is 1.37 bits per heavy atom. The predicted molar refractivity (Wildman–Crippen MR) is 69.2 cm³/mol. The second kappa shape index (κ2) is 7.35. The van der Waals surface area contributed by atoms with Crippen LogP contribution in [0.5, 0.6) is 5.75 Å². The van der Waals surface area contributed by atoms with Gasteiger partial charge in [-0.25, -0.2) is 9.78 Å². The standard InChI is InChI=1S/C13H18N2O4/c1-3-9(4-2)15-12(16)8-19-10-5-6-11(13(17)18)14-7-10/h5-7,9H,3-4,8H2,1-2H3,(H,15,16)(H,17,18). The zero-order chi connectivity index (χ0) is 14.3. The van der Waals surface area contributed by atoms with E-state index in [1.165, 1.54) is 18.3 Å². The van der Waals surface area contributed by atoms with Crippen LogP contribution in [0.4, 0.5) is 0 Å². The van der Waals surface area contributed by atoms with Crippen molar-refractivity contribution in [3.8, 4) is 5.75 Å². The Bertz CT molecular complexity index is 427. The molecule has 0 saturated heterocycles. The number of carbonyl (C=O) groups is 2. The lowest BCUT2D eigenvalue weighted by molar-refractivity contribution is -0.123. The monoisotopic (exact) mass is 266 g/mol. The van der Waals surface area contributed by atoms with Crippen LogP contribution in [0, 0.1) is 0 Å². The zero-order valence-electron chi connectivity index (χ0n) is 11.0. The molecule has 0 unspecified atom stereocenters. The summed E-state index contributed by atoms with van der Waals surface area (Å²) in [5.41, 5.74) is -0.0613. The third kappa shape index (κ3) is 4.95. The van der Waals surface area contributed by atoms with E-state index < -0.39 is 5.97 Å². The van der Waals surface area contributed by atoms with E-state index in [4.69, 9.17) is 9.84 Å². The highest BCUT2D eigenvalue weighted by molar-refractivity contribution is 5.85. The minimum absolute atomic E-state index is 0.0613. The highest BCUT2D eigenvalue weighted by atomic mass is 16.5. The first-order chi connectivity index (χ1) is 9.06. The highest BCUT2D eigenvalue weighted by Crippen LogP contribution is 2.09. The van der Waals surface area contributed by atoms with Crippen molar-refractivity contribution < 1.29 is 19.4 Å². The van der Waals surface area contributed by atoms with Crippen molar-refractivity contribution in [3.05, 3.63) is 24.0 Å². The number of carbonyl (C=O) groups excluding carboxylic acids is 1. The Hall–Kier alpha value is -2.11. The lowest BCUT2D eigenvalue weighted by Gasteiger charge is -2.14. The molecule has 1 aromatic heterocycles. The molecule has 0 bridgehead atoms. The van der Waals surface area contributed by atoms with Gasteiger partial charge in [-0.3, -0.25) is 4.79 Å². The summed E-state index contributed by atoms with van der Waals surface area (Å²) in [6.07, 6.45) is 3.03. The van der Waals surface area contributed by atoms with Crippen molar-refractivity contribution in [1.29, 1.82) is 0 Å². The van der Waals surface area contributed by atoms with Gasteiger partial charge >= 0.3 is 5.97 Å². The van der Waals surface area contributed by atoms with E-state index in [1.807, 2.05) is 13.8 Å². The normalized spacial score (nSPS) is 10.3. The van der Waals surface area contributed by atoms with Crippen LogP contribution in [0.1, 0.15) is 37.2 Å². The molecule has 1 heterocycles. The van der Waals surface area contributed by atoms with Gasteiger partial charge in [-0.1, -0.05) is 13.8 Å². The zero-order valence-corrected chi connectivity index (χ0v) is 11.0. The van der Waals surface area contributed by atoms with Crippen molar-refractivity contribution in [1.82, 2.24) is 10.3 Å². The molecule has 0 aromatic carbocycles. The number of amides is 1. The Morgan fingerprint density at radius 2 is 2.05 bits per heavy atom. The van der Waals surface area contributed by atoms with Crippen molar-refractivity contribution in [2.45, 2.75) is 32.7 Å². The molecule has 0 saturated carbocycles. The van der Waals surface area contributed by atoms with Crippen molar-refractivity contribution in [3.63, 3.8) is 0 Å². The van der Waals surface area contributed by atoms with Gasteiger partial charge in [-0.05, 0) is 25.0 Å². The maximum atomic E-state index is 11.6. The molecular weight excluding hydrogens is 248 g/mol. The minimum atomic E-state index is -1.10. The number of aromatic nitrogens is 1. The first-order valence-electron chi connectivity index (χ1n) is 6.18. The van der Waals surface area contributed by atoms with Gasteiger partial charge in [0.25, 0.3) is 5.91 Å². The fourth-order valence-corrected chi connectivity index (χ4v) is 1.50.